The third-order valence-corrected chi connectivity index (χ3v) is 3.07. The maximum atomic E-state index is 12.2. The number of nitrogens with zero attached hydrogens (tertiary/aromatic N) is 1. The van der Waals surface area contributed by atoms with Gasteiger partial charge in [-0.2, -0.15) is 0 Å². The lowest BCUT2D eigenvalue weighted by molar-refractivity contribution is -0.386. The van der Waals surface area contributed by atoms with Gasteiger partial charge in [0.2, 0.25) is 5.78 Å². The van der Waals surface area contributed by atoms with Crippen molar-refractivity contribution in [2.75, 3.05) is 0 Å². The standard InChI is InChI=1S/C16H15NO4/c1-11-7-9-13(10-8-11)16(18)12(2)21-15-6-4-3-5-14(15)17(19)20/h3-10,12H,1-2H3. The highest BCUT2D eigenvalue weighted by molar-refractivity contribution is 5.99. The van der Waals surface area contributed by atoms with Gasteiger partial charge < -0.3 is 4.74 Å². The van der Waals surface area contributed by atoms with Crippen LogP contribution in [0, 0.1) is 17.0 Å². The molecule has 0 N–H and O–H groups in total. The normalized spacial score (nSPS) is 11.7. The molecule has 0 aromatic heterocycles. The van der Waals surface area contributed by atoms with Crippen LogP contribution in [0.1, 0.15) is 22.8 Å². The summed E-state index contributed by atoms with van der Waals surface area (Å²) in [5.74, 6) is -0.122. The summed E-state index contributed by atoms with van der Waals surface area (Å²) in [5.41, 5.74) is 1.42. The number of ketones is 1. The summed E-state index contributed by atoms with van der Waals surface area (Å²) in [5, 5.41) is 10.9. The summed E-state index contributed by atoms with van der Waals surface area (Å²) >= 11 is 0. The fourth-order valence-corrected chi connectivity index (χ4v) is 1.90. The number of rotatable bonds is 5. The second-order valence-corrected chi connectivity index (χ2v) is 4.72. The highest BCUT2D eigenvalue weighted by atomic mass is 16.6. The van der Waals surface area contributed by atoms with E-state index in [1.807, 2.05) is 19.1 Å². The van der Waals surface area contributed by atoms with E-state index in [-0.39, 0.29) is 17.2 Å². The van der Waals surface area contributed by atoms with Crippen LogP contribution in [0.4, 0.5) is 5.69 Å². The van der Waals surface area contributed by atoms with Gasteiger partial charge in [-0.15, -0.1) is 0 Å². The van der Waals surface area contributed by atoms with Crippen LogP contribution in [0.3, 0.4) is 0 Å². The second kappa shape index (κ2) is 6.17. The number of hydrogen-bond donors (Lipinski definition) is 0. The molecule has 108 valence electrons. The Morgan fingerprint density at radius 2 is 1.76 bits per heavy atom. The van der Waals surface area contributed by atoms with Crippen molar-refractivity contribution in [3.63, 3.8) is 0 Å². The van der Waals surface area contributed by atoms with E-state index in [0.717, 1.165) is 5.56 Å². The number of nitro groups is 1. The van der Waals surface area contributed by atoms with E-state index >= 15 is 0 Å². The number of aryl methyl sites for hydroxylation is 1. The summed E-state index contributed by atoms with van der Waals surface area (Å²) in [6.07, 6.45) is -0.797. The molecule has 0 aliphatic rings. The average Bonchev–Trinajstić information content (AvgIpc) is 2.47. The zero-order valence-electron chi connectivity index (χ0n) is 11.8. The maximum Gasteiger partial charge on any atom is 0.310 e. The molecular weight excluding hydrogens is 270 g/mol. The monoisotopic (exact) mass is 285 g/mol. The highest BCUT2D eigenvalue weighted by Gasteiger charge is 2.21. The van der Waals surface area contributed by atoms with Gasteiger partial charge in [0.1, 0.15) is 0 Å². The first-order valence-corrected chi connectivity index (χ1v) is 6.50. The van der Waals surface area contributed by atoms with Gasteiger partial charge in [0.15, 0.2) is 11.9 Å². The van der Waals surface area contributed by atoms with E-state index in [9.17, 15) is 14.9 Å². The molecule has 2 aromatic rings. The molecule has 5 heteroatoms. The first kappa shape index (κ1) is 14.7. The maximum absolute atomic E-state index is 12.2. The van der Waals surface area contributed by atoms with Crippen LogP contribution in [0.2, 0.25) is 0 Å². The zero-order chi connectivity index (χ0) is 15.4. The van der Waals surface area contributed by atoms with Gasteiger partial charge in [0.25, 0.3) is 0 Å². The largest absolute Gasteiger partial charge is 0.475 e. The number of benzene rings is 2. The molecule has 0 saturated heterocycles. The zero-order valence-corrected chi connectivity index (χ0v) is 11.8. The molecule has 2 aromatic carbocycles. The van der Waals surface area contributed by atoms with Crippen molar-refractivity contribution in [2.45, 2.75) is 20.0 Å². The third-order valence-electron chi connectivity index (χ3n) is 3.07. The van der Waals surface area contributed by atoms with Crippen LogP contribution < -0.4 is 4.74 Å². The van der Waals surface area contributed by atoms with Crippen molar-refractivity contribution < 1.29 is 14.5 Å². The van der Waals surface area contributed by atoms with Gasteiger partial charge in [0.05, 0.1) is 4.92 Å². The molecule has 0 fully saturated rings. The molecule has 21 heavy (non-hydrogen) atoms. The molecule has 0 heterocycles. The van der Waals surface area contributed by atoms with E-state index in [2.05, 4.69) is 0 Å². The molecule has 1 unspecified atom stereocenters. The smallest absolute Gasteiger partial charge is 0.310 e. The summed E-state index contributed by atoms with van der Waals surface area (Å²) < 4.78 is 5.46. The Morgan fingerprint density at radius 3 is 2.38 bits per heavy atom. The van der Waals surface area contributed by atoms with Crippen molar-refractivity contribution in [3.8, 4) is 5.75 Å². The lowest BCUT2D eigenvalue weighted by Crippen LogP contribution is -2.24. The summed E-state index contributed by atoms with van der Waals surface area (Å²) in [4.78, 5) is 22.6. The van der Waals surface area contributed by atoms with Crippen molar-refractivity contribution in [2.24, 2.45) is 0 Å². The van der Waals surface area contributed by atoms with Gasteiger partial charge in [-0.1, -0.05) is 42.0 Å². The van der Waals surface area contributed by atoms with Gasteiger partial charge in [-0.3, -0.25) is 14.9 Å². The first-order valence-electron chi connectivity index (χ1n) is 6.50. The fourth-order valence-electron chi connectivity index (χ4n) is 1.90. The van der Waals surface area contributed by atoms with Crippen LogP contribution in [0.5, 0.6) is 5.75 Å². The van der Waals surface area contributed by atoms with Crippen molar-refractivity contribution in [3.05, 3.63) is 69.8 Å². The number of hydrogen-bond acceptors (Lipinski definition) is 4. The molecule has 0 saturated carbocycles. The van der Waals surface area contributed by atoms with E-state index in [1.54, 1.807) is 31.2 Å². The molecule has 0 aliphatic heterocycles. The Morgan fingerprint density at radius 1 is 1.14 bits per heavy atom. The topological polar surface area (TPSA) is 69.4 Å². The SMILES string of the molecule is Cc1ccc(C(=O)C(C)Oc2ccccc2[N+](=O)[O-])cc1. The molecule has 2 rings (SSSR count). The van der Waals surface area contributed by atoms with Crippen LogP contribution in [0.15, 0.2) is 48.5 Å². The van der Waals surface area contributed by atoms with E-state index < -0.39 is 11.0 Å². The number of para-hydroxylation sites is 2. The number of nitro benzene ring substituents is 1. The Hall–Kier alpha value is -2.69. The fraction of sp³-hybridized carbons (Fsp3) is 0.188. The van der Waals surface area contributed by atoms with Crippen LogP contribution in [0.25, 0.3) is 0 Å². The molecular formula is C16H15NO4. The van der Waals surface area contributed by atoms with Crippen LogP contribution >= 0.6 is 0 Å². The van der Waals surface area contributed by atoms with Gasteiger partial charge in [-0.05, 0) is 19.9 Å². The summed E-state index contributed by atoms with van der Waals surface area (Å²) in [7, 11) is 0. The molecule has 0 amide bonds. The number of carbonyl (C=O) groups is 1. The molecule has 0 bridgehead atoms. The van der Waals surface area contributed by atoms with Gasteiger partial charge in [-0.25, -0.2) is 0 Å². The molecule has 0 radical (unpaired) electrons. The van der Waals surface area contributed by atoms with E-state index in [0.29, 0.717) is 5.56 Å². The Bertz CT molecular complexity index is 664. The third kappa shape index (κ3) is 3.45. The van der Waals surface area contributed by atoms with E-state index in [1.165, 1.54) is 12.1 Å². The Balaban J connectivity index is 2.18. The molecule has 0 aliphatic carbocycles. The van der Waals surface area contributed by atoms with E-state index in [4.69, 9.17) is 4.74 Å². The molecule has 5 nitrogen and oxygen atoms in total. The molecule has 0 spiro atoms. The quantitative estimate of drug-likeness (QED) is 0.478. The van der Waals surface area contributed by atoms with Crippen molar-refractivity contribution >= 4 is 11.5 Å². The van der Waals surface area contributed by atoms with Crippen LogP contribution in [-0.4, -0.2) is 16.8 Å². The predicted molar refractivity (Wildman–Crippen MR) is 78.7 cm³/mol. The minimum atomic E-state index is -0.797. The second-order valence-electron chi connectivity index (χ2n) is 4.72. The lowest BCUT2D eigenvalue weighted by atomic mass is 10.1. The first-order chi connectivity index (χ1) is 9.99. The minimum absolute atomic E-state index is 0.0930. The lowest BCUT2D eigenvalue weighted by Gasteiger charge is -2.13. The summed E-state index contributed by atoms with van der Waals surface area (Å²) in [6.45, 7) is 3.51. The number of Topliss-reactive ketones (excluding diaryl/α,β-unsaturated/α-hetero) is 1. The summed E-state index contributed by atoms with van der Waals surface area (Å²) in [6, 6.07) is 13.1. The Labute approximate surface area is 122 Å². The van der Waals surface area contributed by atoms with Gasteiger partial charge >= 0.3 is 5.69 Å². The van der Waals surface area contributed by atoms with Crippen LogP contribution in [-0.2, 0) is 0 Å². The van der Waals surface area contributed by atoms with Gasteiger partial charge in [0, 0.05) is 11.6 Å². The number of ether oxygens (including phenoxy) is 1. The van der Waals surface area contributed by atoms with Crippen molar-refractivity contribution in [1.29, 1.82) is 0 Å². The highest BCUT2D eigenvalue weighted by Crippen LogP contribution is 2.27. The number of carbonyl (C=O) groups excluding carboxylic acids is 1. The predicted octanol–water partition coefficient (Wildman–Crippen LogP) is 3.55. The molecule has 1 atom stereocenters. The Kier molecular flexibility index (Phi) is 4.33. The van der Waals surface area contributed by atoms with Crippen molar-refractivity contribution in [1.82, 2.24) is 0 Å². The minimum Gasteiger partial charge on any atom is -0.475 e. The average molecular weight is 285 g/mol.